The molecule has 1 heterocycles. The largest absolute Gasteiger partial charge is 0.328 e. The van der Waals surface area contributed by atoms with Gasteiger partial charge in [-0.3, -0.25) is 9.59 Å². The number of carbonyl (C=O) groups excluding carboxylic acids is 2. The SMILES string of the molecule is [B]C(=O)Nc1cn(C)c(C(=O)Cl)n1. The van der Waals surface area contributed by atoms with E-state index in [1.54, 1.807) is 7.05 Å². The van der Waals surface area contributed by atoms with Gasteiger partial charge in [-0.1, -0.05) is 0 Å². The number of aromatic nitrogens is 2. The Morgan fingerprint density at radius 1 is 1.69 bits per heavy atom. The molecule has 1 rings (SSSR count). The predicted molar refractivity (Wildman–Crippen MR) is 48.2 cm³/mol. The fourth-order valence-corrected chi connectivity index (χ4v) is 1.01. The van der Waals surface area contributed by atoms with Gasteiger partial charge in [-0.2, -0.15) is 0 Å². The minimum atomic E-state index is -0.744. The van der Waals surface area contributed by atoms with E-state index in [1.807, 2.05) is 0 Å². The van der Waals surface area contributed by atoms with Gasteiger partial charge >= 0.3 is 0 Å². The Morgan fingerprint density at radius 2 is 2.31 bits per heavy atom. The number of rotatable bonds is 2. The molecular weight excluding hydrogens is 192 g/mol. The molecule has 0 saturated carbocycles. The maximum absolute atomic E-state index is 10.7. The highest BCUT2D eigenvalue weighted by Gasteiger charge is 2.11. The Kier molecular flexibility index (Phi) is 2.72. The molecule has 1 aromatic heterocycles. The van der Waals surface area contributed by atoms with Crippen LogP contribution in [0.25, 0.3) is 0 Å². The van der Waals surface area contributed by atoms with Crippen LogP contribution >= 0.6 is 11.6 Å². The molecule has 0 aliphatic carbocycles. The number of carbonyl (C=O) groups is 2. The zero-order valence-electron chi connectivity index (χ0n) is 6.74. The summed E-state index contributed by atoms with van der Waals surface area (Å²) in [4.78, 5) is 24.8. The third-order valence-corrected chi connectivity index (χ3v) is 1.47. The van der Waals surface area contributed by atoms with Gasteiger partial charge in [0.25, 0.3) is 5.24 Å². The average Bonchev–Trinajstić information content (AvgIpc) is 2.29. The number of nitrogens with zero attached hydrogens (tertiary/aromatic N) is 2. The maximum atomic E-state index is 10.7. The van der Waals surface area contributed by atoms with E-state index in [9.17, 15) is 9.59 Å². The topological polar surface area (TPSA) is 64.0 Å². The quantitative estimate of drug-likeness (QED) is 0.555. The molecule has 0 aliphatic rings. The van der Waals surface area contributed by atoms with Crippen LogP contribution in [0.2, 0.25) is 0 Å². The lowest BCUT2D eigenvalue weighted by Crippen LogP contribution is -2.08. The van der Waals surface area contributed by atoms with Crippen molar-refractivity contribution in [1.29, 1.82) is 0 Å². The first-order valence-electron chi connectivity index (χ1n) is 3.30. The lowest BCUT2D eigenvalue weighted by atomic mass is 10.1. The number of imidazole rings is 1. The summed E-state index contributed by atoms with van der Waals surface area (Å²) in [5.74, 6) is -0.504. The van der Waals surface area contributed by atoms with Crippen LogP contribution in [0.15, 0.2) is 6.20 Å². The van der Waals surface area contributed by atoms with Crippen LogP contribution in [0.4, 0.5) is 10.6 Å². The molecule has 0 bridgehead atoms. The van der Waals surface area contributed by atoms with Gasteiger partial charge in [-0.25, -0.2) is 4.98 Å². The predicted octanol–water partition coefficient (Wildman–Crippen LogP) is 0.499. The molecule has 0 aromatic carbocycles. The maximum Gasteiger partial charge on any atom is 0.288 e. The number of hydrogen-bond donors (Lipinski definition) is 1. The fourth-order valence-electron chi connectivity index (χ4n) is 0.835. The Hall–Kier alpha value is -1.30. The van der Waals surface area contributed by atoms with E-state index in [1.165, 1.54) is 10.8 Å². The van der Waals surface area contributed by atoms with Crippen molar-refractivity contribution in [1.82, 2.24) is 9.55 Å². The lowest BCUT2D eigenvalue weighted by molar-refractivity contribution is 0.107. The minimum absolute atomic E-state index is 0.0467. The highest BCUT2D eigenvalue weighted by molar-refractivity contribution is 6.67. The molecule has 0 spiro atoms. The Morgan fingerprint density at radius 3 is 2.69 bits per heavy atom. The van der Waals surface area contributed by atoms with Crippen LogP contribution in [0.3, 0.4) is 0 Å². The molecule has 2 radical (unpaired) electrons. The fraction of sp³-hybridized carbons (Fsp3) is 0.167. The average molecular weight is 197 g/mol. The van der Waals surface area contributed by atoms with Gasteiger partial charge < -0.3 is 9.88 Å². The van der Waals surface area contributed by atoms with Crippen molar-refractivity contribution in [3.8, 4) is 0 Å². The van der Waals surface area contributed by atoms with Crippen molar-refractivity contribution < 1.29 is 9.59 Å². The molecule has 7 heteroatoms. The summed E-state index contributed by atoms with van der Waals surface area (Å²) in [6.45, 7) is 0. The van der Waals surface area contributed by atoms with Crippen LogP contribution in [0.1, 0.15) is 10.6 Å². The van der Waals surface area contributed by atoms with Gasteiger partial charge in [0.15, 0.2) is 17.4 Å². The van der Waals surface area contributed by atoms with Crippen LogP contribution in [0, 0.1) is 0 Å². The van der Waals surface area contributed by atoms with E-state index in [0.717, 1.165) is 0 Å². The molecule has 13 heavy (non-hydrogen) atoms. The monoisotopic (exact) mass is 197 g/mol. The third-order valence-electron chi connectivity index (χ3n) is 1.30. The van der Waals surface area contributed by atoms with Crippen LogP contribution < -0.4 is 5.32 Å². The second-order valence-electron chi connectivity index (χ2n) is 2.32. The number of nitrogens with one attached hydrogen (secondary N) is 1. The summed E-state index contributed by atoms with van der Waals surface area (Å²) in [5.41, 5.74) is 0. The minimum Gasteiger partial charge on any atom is -0.328 e. The normalized spacial score (nSPS) is 9.69. The number of halogens is 1. The number of amides is 1. The third kappa shape index (κ3) is 2.32. The molecule has 0 fully saturated rings. The molecule has 1 aromatic rings. The number of anilines is 1. The van der Waals surface area contributed by atoms with E-state index in [2.05, 4.69) is 10.3 Å². The summed E-state index contributed by atoms with van der Waals surface area (Å²) in [5, 5.41) is 1.52. The highest BCUT2D eigenvalue weighted by atomic mass is 35.5. The van der Waals surface area contributed by atoms with Crippen LogP contribution in [-0.2, 0) is 7.05 Å². The summed E-state index contributed by atoms with van der Waals surface area (Å²) < 4.78 is 1.39. The molecular formula is C6H5BClN3O2. The first kappa shape index (κ1) is 9.79. The summed E-state index contributed by atoms with van der Waals surface area (Å²) in [6, 6.07) is 0. The molecule has 0 aliphatic heterocycles. The highest BCUT2D eigenvalue weighted by Crippen LogP contribution is 2.08. The molecule has 0 saturated heterocycles. The van der Waals surface area contributed by atoms with Crippen LogP contribution in [0.5, 0.6) is 0 Å². The second kappa shape index (κ2) is 3.61. The second-order valence-corrected chi connectivity index (χ2v) is 2.67. The summed E-state index contributed by atoms with van der Waals surface area (Å²) in [6.07, 6.45) is 1.43. The zero-order valence-corrected chi connectivity index (χ0v) is 7.50. The van der Waals surface area contributed by atoms with Crippen molar-refractivity contribution in [2.45, 2.75) is 0 Å². The van der Waals surface area contributed by atoms with E-state index in [0.29, 0.717) is 0 Å². The summed E-state index contributed by atoms with van der Waals surface area (Å²) >= 11 is 5.19. The number of aryl methyl sites for hydroxylation is 1. The molecule has 1 N–H and O–H groups in total. The Bertz CT molecular complexity index is 363. The summed E-state index contributed by atoms with van der Waals surface area (Å²) in [7, 11) is 6.42. The molecule has 66 valence electrons. The van der Waals surface area contributed by atoms with Crippen molar-refractivity contribution in [2.75, 3.05) is 5.32 Å². The van der Waals surface area contributed by atoms with Gasteiger partial charge in [-0.05, 0) is 11.6 Å². The van der Waals surface area contributed by atoms with Gasteiger partial charge in [0, 0.05) is 13.2 Å². The molecule has 0 atom stereocenters. The lowest BCUT2D eigenvalue weighted by Gasteiger charge is -1.92. The van der Waals surface area contributed by atoms with Crippen molar-refractivity contribution >= 4 is 36.3 Å². The van der Waals surface area contributed by atoms with Crippen molar-refractivity contribution in [3.63, 3.8) is 0 Å². The van der Waals surface area contributed by atoms with Crippen molar-refractivity contribution in [3.05, 3.63) is 12.0 Å². The molecule has 5 nitrogen and oxygen atoms in total. The molecule has 1 amide bonds. The molecule has 0 unspecified atom stereocenters. The van der Waals surface area contributed by atoms with Gasteiger partial charge in [0.2, 0.25) is 7.85 Å². The Balaban J connectivity index is 2.95. The zero-order chi connectivity index (χ0) is 10.0. The standard InChI is InChI=1S/C6H5BClN3O2/c1-11-2-3(10-6(7)13)9-5(11)4(8)12/h2H,1H3,(H,10,13). The van der Waals surface area contributed by atoms with E-state index in [-0.39, 0.29) is 11.6 Å². The first-order chi connectivity index (χ1) is 6.00. The van der Waals surface area contributed by atoms with Gasteiger partial charge in [0.05, 0.1) is 0 Å². The van der Waals surface area contributed by atoms with E-state index >= 15 is 0 Å². The smallest absolute Gasteiger partial charge is 0.288 e. The van der Waals surface area contributed by atoms with E-state index in [4.69, 9.17) is 19.4 Å². The van der Waals surface area contributed by atoms with E-state index < -0.39 is 11.0 Å². The van der Waals surface area contributed by atoms with Gasteiger partial charge in [0.1, 0.15) is 0 Å². The van der Waals surface area contributed by atoms with Crippen molar-refractivity contribution in [2.24, 2.45) is 7.05 Å². The number of hydrogen-bond acceptors (Lipinski definition) is 3. The Labute approximate surface area is 80.5 Å². The van der Waals surface area contributed by atoms with Crippen LogP contribution in [-0.4, -0.2) is 28.4 Å². The van der Waals surface area contributed by atoms with Gasteiger partial charge in [-0.15, -0.1) is 0 Å². The first-order valence-corrected chi connectivity index (χ1v) is 3.68.